The molecule has 6 heteroatoms. The predicted octanol–water partition coefficient (Wildman–Crippen LogP) is 2.49. The van der Waals surface area contributed by atoms with Crippen molar-refractivity contribution in [2.24, 2.45) is 4.40 Å². The zero-order valence-corrected chi connectivity index (χ0v) is 12.1. The summed E-state index contributed by atoms with van der Waals surface area (Å²) in [6, 6.07) is 3.88. The number of hydrogen-bond acceptors (Lipinski definition) is 3. The molecule has 1 aromatic rings. The van der Waals surface area contributed by atoms with Crippen molar-refractivity contribution in [2.75, 3.05) is 7.11 Å². The second-order valence-electron chi connectivity index (χ2n) is 4.82. The van der Waals surface area contributed by atoms with E-state index in [-0.39, 0.29) is 11.1 Å². The average molecular weight is 285 g/mol. The van der Waals surface area contributed by atoms with Gasteiger partial charge in [-0.25, -0.2) is 13.4 Å². The molecule has 1 unspecified atom stereocenters. The number of nitrogens with zero attached hydrogens (tertiary/aromatic N) is 1. The fourth-order valence-corrected chi connectivity index (χ4v) is 1.66. The Labute approximate surface area is 114 Å². The molecule has 0 heterocycles. The topological polar surface area (TPSA) is 55.7 Å². The lowest BCUT2D eigenvalue weighted by atomic mass is 10.1. The molecule has 0 bridgehead atoms. The largest absolute Gasteiger partial charge is 0.465 e. The van der Waals surface area contributed by atoms with Crippen molar-refractivity contribution in [3.63, 3.8) is 0 Å². The number of benzene rings is 1. The summed E-state index contributed by atoms with van der Waals surface area (Å²) in [5.41, 5.74) is 0.291. The highest BCUT2D eigenvalue weighted by molar-refractivity contribution is 7.85. The molecule has 0 saturated heterocycles. The summed E-state index contributed by atoms with van der Waals surface area (Å²) < 4.78 is 33.2. The molecular weight excluding hydrogens is 269 g/mol. The summed E-state index contributed by atoms with van der Waals surface area (Å²) in [6.45, 7) is 5.32. The Morgan fingerprint density at radius 1 is 1.42 bits per heavy atom. The van der Waals surface area contributed by atoms with Gasteiger partial charge in [0.25, 0.3) is 0 Å². The minimum Gasteiger partial charge on any atom is -0.465 e. The van der Waals surface area contributed by atoms with Crippen LogP contribution < -0.4 is 0 Å². The second kappa shape index (κ2) is 6.06. The molecule has 1 atom stereocenters. The third kappa shape index (κ3) is 4.24. The van der Waals surface area contributed by atoms with Crippen LogP contribution in [0.4, 0.5) is 4.39 Å². The highest BCUT2D eigenvalue weighted by Gasteiger charge is 2.18. The van der Waals surface area contributed by atoms with Crippen LogP contribution in [0.3, 0.4) is 0 Å². The van der Waals surface area contributed by atoms with E-state index in [1.54, 1.807) is 20.8 Å². The molecular formula is C13H16FNO3S. The Morgan fingerprint density at radius 3 is 2.53 bits per heavy atom. The van der Waals surface area contributed by atoms with Gasteiger partial charge in [-0.2, -0.15) is 4.40 Å². The summed E-state index contributed by atoms with van der Waals surface area (Å²) in [5, 5.41) is 0. The van der Waals surface area contributed by atoms with Gasteiger partial charge in [-0.1, -0.05) is 0 Å². The maximum Gasteiger partial charge on any atom is 0.337 e. The minimum atomic E-state index is -1.45. The molecule has 0 aliphatic carbocycles. The number of carbonyl (C=O) groups excluding carboxylic acids is 1. The molecule has 19 heavy (non-hydrogen) atoms. The first-order chi connectivity index (χ1) is 8.75. The molecule has 0 N–H and O–H groups in total. The van der Waals surface area contributed by atoms with E-state index in [2.05, 4.69) is 9.13 Å². The molecule has 0 fully saturated rings. The molecule has 0 spiro atoms. The van der Waals surface area contributed by atoms with Gasteiger partial charge in [-0.3, -0.25) is 0 Å². The number of methoxy groups -OCH3 is 1. The molecule has 1 aromatic carbocycles. The van der Waals surface area contributed by atoms with Crippen LogP contribution in [0.25, 0.3) is 0 Å². The smallest absolute Gasteiger partial charge is 0.337 e. The van der Waals surface area contributed by atoms with Crippen LogP contribution in [0.15, 0.2) is 22.6 Å². The molecule has 0 aliphatic heterocycles. The number of carbonyl (C=O) groups is 1. The maximum atomic E-state index is 13.7. The fraction of sp³-hybridized carbons (Fsp3) is 0.385. The quantitative estimate of drug-likeness (QED) is 0.633. The summed E-state index contributed by atoms with van der Waals surface area (Å²) >= 11 is 0. The van der Waals surface area contributed by atoms with Crippen molar-refractivity contribution in [3.05, 3.63) is 35.1 Å². The van der Waals surface area contributed by atoms with Crippen molar-refractivity contribution in [3.8, 4) is 0 Å². The first-order valence-corrected chi connectivity index (χ1v) is 6.70. The lowest BCUT2D eigenvalue weighted by Gasteiger charge is -2.12. The number of esters is 1. The van der Waals surface area contributed by atoms with Gasteiger partial charge in [-0.05, 0) is 39.0 Å². The van der Waals surface area contributed by atoms with Crippen LogP contribution in [0.5, 0.6) is 0 Å². The predicted molar refractivity (Wildman–Crippen MR) is 73.2 cm³/mol. The van der Waals surface area contributed by atoms with Crippen LogP contribution >= 0.6 is 0 Å². The van der Waals surface area contributed by atoms with E-state index in [9.17, 15) is 13.4 Å². The molecule has 104 valence electrons. The highest BCUT2D eigenvalue weighted by Crippen LogP contribution is 2.14. The Bertz CT molecular complexity index is 535. The van der Waals surface area contributed by atoms with Gasteiger partial charge in [0, 0.05) is 11.8 Å². The number of ether oxygens (including phenoxy) is 1. The molecule has 0 saturated carbocycles. The first-order valence-electron chi connectivity index (χ1n) is 5.59. The van der Waals surface area contributed by atoms with E-state index >= 15 is 0 Å². The van der Waals surface area contributed by atoms with Gasteiger partial charge in [0.15, 0.2) is 0 Å². The van der Waals surface area contributed by atoms with E-state index in [0.29, 0.717) is 0 Å². The summed E-state index contributed by atoms with van der Waals surface area (Å²) in [5.74, 6) is -1.22. The van der Waals surface area contributed by atoms with Crippen molar-refractivity contribution < 1.29 is 18.1 Å². The second-order valence-corrected chi connectivity index (χ2v) is 6.76. The molecule has 0 radical (unpaired) electrons. The number of hydrogen-bond donors (Lipinski definition) is 0. The Hall–Kier alpha value is -1.56. The Balaban J connectivity index is 2.96. The Kier molecular flexibility index (Phi) is 4.94. The van der Waals surface area contributed by atoms with E-state index in [0.717, 1.165) is 6.07 Å². The summed E-state index contributed by atoms with van der Waals surface area (Å²) in [4.78, 5) is 11.2. The molecule has 0 amide bonds. The van der Waals surface area contributed by atoms with E-state index in [1.165, 1.54) is 25.5 Å². The van der Waals surface area contributed by atoms with Gasteiger partial charge in [-0.15, -0.1) is 0 Å². The molecule has 4 nitrogen and oxygen atoms in total. The Morgan fingerprint density at radius 2 is 2.05 bits per heavy atom. The summed E-state index contributed by atoms with van der Waals surface area (Å²) in [6.07, 6.45) is 1.21. The van der Waals surface area contributed by atoms with Gasteiger partial charge in [0.05, 0.1) is 17.4 Å². The lowest BCUT2D eigenvalue weighted by Crippen LogP contribution is -2.19. The molecule has 0 aromatic heterocycles. The number of halogens is 1. The SMILES string of the molecule is COC(=O)c1ccc(C=NS(=O)C(C)(C)C)c(F)c1. The molecule has 0 aliphatic rings. The third-order valence-electron chi connectivity index (χ3n) is 2.23. The van der Waals surface area contributed by atoms with Crippen LogP contribution in [0, 0.1) is 5.82 Å². The highest BCUT2D eigenvalue weighted by atomic mass is 32.2. The summed E-state index contributed by atoms with van der Waals surface area (Å²) in [7, 11) is -0.226. The van der Waals surface area contributed by atoms with E-state index in [4.69, 9.17) is 0 Å². The van der Waals surface area contributed by atoms with Crippen LogP contribution in [-0.4, -0.2) is 28.2 Å². The zero-order chi connectivity index (χ0) is 14.6. The monoisotopic (exact) mass is 285 g/mol. The van der Waals surface area contributed by atoms with Gasteiger partial charge in [0.2, 0.25) is 0 Å². The fourth-order valence-electron chi connectivity index (χ4n) is 1.14. The van der Waals surface area contributed by atoms with Crippen LogP contribution in [0.2, 0.25) is 0 Å². The van der Waals surface area contributed by atoms with Gasteiger partial charge >= 0.3 is 5.97 Å². The van der Waals surface area contributed by atoms with Crippen LogP contribution in [-0.2, 0) is 15.7 Å². The number of rotatable bonds is 3. The maximum absolute atomic E-state index is 13.7. The van der Waals surface area contributed by atoms with E-state index < -0.39 is 27.5 Å². The van der Waals surface area contributed by atoms with Crippen molar-refractivity contribution >= 4 is 23.2 Å². The minimum absolute atomic E-state index is 0.120. The lowest BCUT2D eigenvalue weighted by molar-refractivity contribution is 0.0600. The van der Waals surface area contributed by atoms with Crippen LogP contribution in [0.1, 0.15) is 36.7 Å². The van der Waals surface area contributed by atoms with Gasteiger partial charge in [0.1, 0.15) is 16.8 Å². The molecule has 1 rings (SSSR count). The van der Waals surface area contributed by atoms with Crippen molar-refractivity contribution in [1.82, 2.24) is 0 Å². The van der Waals surface area contributed by atoms with Crippen molar-refractivity contribution in [2.45, 2.75) is 25.5 Å². The zero-order valence-electron chi connectivity index (χ0n) is 11.3. The average Bonchev–Trinajstić information content (AvgIpc) is 2.34. The first kappa shape index (κ1) is 15.5. The van der Waals surface area contributed by atoms with Gasteiger partial charge < -0.3 is 4.74 Å². The third-order valence-corrected chi connectivity index (χ3v) is 3.58. The normalized spacial score (nSPS) is 13.5. The van der Waals surface area contributed by atoms with Crippen molar-refractivity contribution in [1.29, 1.82) is 0 Å². The standard InChI is InChI=1S/C13H16FNO3S/c1-13(2,3)19(17)15-8-10-6-5-9(7-11(10)14)12(16)18-4/h5-8H,1-4H3. The van der Waals surface area contributed by atoms with E-state index in [1.807, 2.05) is 0 Å².